The van der Waals surface area contributed by atoms with E-state index in [1.807, 2.05) is 25.7 Å². The number of piperazine rings is 1. The van der Waals surface area contributed by atoms with Crippen LogP contribution in [-0.2, 0) is 9.59 Å². The second-order valence-electron chi connectivity index (χ2n) is 6.92. The van der Waals surface area contributed by atoms with Crippen LogP contribution in [0, 0.1) is 5.92 Å². The quantitative estimate of drug-likeness (QED) is 0.863. The topological polar surface area (TPSA) is 49.4 Å². The maximum Gasteiger partial charge on any atom is 0.246 e. The van der Waals surface area contributed by atoms with E-state index in [1.54, 1.807) is 0 Å². The maximum absolute atomic E-state index is 12.8. The minimum absolute atomic E-state index is 0.0262. The average Bonchev–Trinajstić information content (AvgIpc) is 2.40. The number of hydrogen-bond donors (Lipinski definition) is 1. The Hall–Kier alpha value is -1.06. The summed E-state index contributed by atoms with van der Waals surface area (Å²) in [6, 6.07) is -0.648. The molecular formula is C16H28N2O2. The summed E-state index contributed by atoms with van der Waals surface area (Å²) in [6.07, 6.45) is 6.26. The molecule has 2 unspecified atom stereocenters. The van der Waals surface area contributed by atoms with Gasteiger partial charge in [0.05, 0.1) is 0 Å². The number of nitrogens with one attached hydrogen (secondary N) is 1. The van der Waals surface area contributed by atoms with Crippen molar-refractivity contribution in [1.29, 1.82) is 0 Å². The largest absolute Gasteiger partial charge is 0.343 e. The fourth-order valence-electron chi connectivity index (χ4n) is 3.77. The van der Waals surface area contributed by atoms with E-state index in [0.717, 1.165) is 25.7 Å². The van der Waals surface area contributed by atoms with Gasteiger partial charge >= 0.3 is 0 Å². The lowest BCUT2D eigenvalue weighted by Crippen LogP contribution is -2.70. The van der Waals surface area contributed by atoms with Crippen LogP contribution < -0.4 is 5.32 Å². The molecule has 114 valence electrons. The van der Waals surface area contributed by atoms with E-state index in [1.165, 1.54) is 6.42 Å². The molecule has 20 heavy (non-hydrogen) atoms. The van der Waals surface area contributed by atoms with Crippen LogP contribution in [0.1, 0.15) is 66.2 Å². The van der Waals surface area contributed by atoms with Gasteiger partial charge < -0.3 is 10.2 Å². The molecule has 0 radical (unpaired) electrons. The molecule has 0 spiro atoms. The number of carbonyl (C=O) groups is 2. The van der Waals surface area contributed by atoms with E-state index in [-0.39, 0.29) is 35.4 Å². The maximum atomic E-state index is 12.8. The van der Waals surface area contributed by atoms with E-state index in [2.05, 4.69) is 12.2 Å². The molecule has 1 aliphatic heterocycles. The Labute approximate surface area is 122 Å². The van der Waals surface area contributed by atoms with Crippen molar-refractivity contribution in [2.24, 2.45) is 5.92 Å². The summed E-state index contributed by atoms with van der Waals surface area (Å²) in [5, 5.41) is 2.90. The average molecular weight is 280 g/mol. The standard InChI is InChI=1S/C16H28N2O2/c1-5-12-15(20)18(13(11(2)3)14(19)17-12)16(4)9-7-6-8-10-16/h11-13H,5-10H2,1-4H3,(H,17,19). The van der Waals surface area contributed by atoms with Crippen LogP contribution in [0.3, 0.4) is 0 Å². The second kappa shape index (κ2) is 5.74. The van der Waals surface area contributed by atoms with Crippen molar-refractivity contribution in [2.45, 2.75) is 83.8 Å². The zero-order valence-corrected chi connectivity index (χ0v) is 13.2. The van der Waals surface area contributed by atoms with Crippen LogP contribution in [0.15, 0.2) is 0 Å². The highest BCUT2D eigenvalue weighted by Gasteiger charge is 2.49. The number of amides is 2. The highest BCUT2D eigenvalue weighted by atomic mass is 16.2. The van der Waals surface area contributed by atoms with Crippen LogP contribution in [0.25, 0.3) is 0 Å². The molecule has 2 rings (SSSR count). The van der Waals surface area contributed by atoms with Crippen molar-refractivity contribution >= 4 is 11.8 Å². The second-order valence-corrected chi connectivity index (χ2v) is 6.92. The predicted octanol–water partition coefficient (Wildman–Crippen LogP) is 2.47. The first-order valence-electron chi connectivity index (χ1n) is 8.04. The summed E-state index contributed by atoms with van der Waals surface area (Å²) >= 11 is 0. The van der Waals surface area contributed by atoms with E-state index in [0.29, 0.717) is 6.42 Å². The summed E-state index contributed by atoms with van der Waals surface area (Å²) in [7, 11) is 0. The van der Waals surface area contributed by atoms with Gasteiger partial charge in [0.1, 0.15) is 12.1 Å². The van der Waals surface area contributed by atoms with Crippen LogP contribution in [0.2, 0.25) is 0 Å². The molecule has 0 aromatic carbocycles. The molecule has 4 heteroatoms. The summed E-state index contributed by atoms with van der Waals surface area (Å²) in [5.74, 6) is 0.295. The number of nitrogens with zero attached hydrogens (tertiary/aromatic N) is 1. The Kier molecular flexibility index (Phi) is 4.40. The molecule has 1 saturated carbocycles. The summed E-state index contributed by atoms with van der Waals surface area (Å²) < 4.78 is 0. The third-order valence-corrected chi connectivity index (χ3v) is 4.95. The Balaban J connectivity index is 2.36. The Bertz CT molecular complexity index is 386. The molecule has 1 aliphatic carbocycles. The highest BCUT2D eigenvalue weighted by molar-refractivity contribution is 5.97. The molecular weight excluding hydrogens is 252 g/mol. The van der Waals surface area contributed by atoms with Gasteiger partial charge in [-0.2, -0.15) is 0 Å². The van der Waals surface area contributed by atoms with Crippen LogP contribution in [0.4, 0.5) is 0 Å². The van der Waals surface area contributed by atoms with Crippen molar-refractivity contribution in [3.63, 3.8) is 0 Å². The molecule has 1 saturated heterocycles. The van der Waals surface area contributed by atoms with Gasteiger partial charge in [-0.15, -0.1) is 0 Å². The van der Waals surface area contributed by atoms with E-state index in [4.69, 9.17) is 0 Å². The molecule has 0 bridgehead atoms. The highest BCUT2D eigenvalue weighted by Crippen LogP contribution is 2.37. The zero-order valence-electron chi connectivity index (χ0n) is 13.2. The third kappa shape index (κ3) is 2.57. The first kappa shape index (κ1) is 15.3. The molecule has 2 aliphatic rings. The van der Waals surface area contributed by atoms with Gasteiger partial charge in [-0.1, -0.05) is 40.0 Å². The summed E-state index contributed by atoms with van der Waals surface area (Å²) in [4.78, 5) is 27.2. The molecule has 2 amide bonds. The fraction of sp³-hybridized carbons (Fsp3) is 0.875. The van der Waals surface area contributed by atoms with Gasteiger partial charge in [0.2, 0.25) is 11.8 Å². The first-order valence-corrected chi connectivity index (χ1v) is 8.04. The molecule has 2 atom stereocenters. The van der Waals surface area contributed by atoms with Gasteiger partial charge in [0.25, 0.3) is 0 Å². The van der Waals surface area contributed by atoms with Crippen molar-refractivity contribution in [2.75, 3.05) is 0 Å². The van der Waals surface area contributed by atoms with E-state index < -0.39 is 0 Å². The van der Waals surface area contributed by atoms with Crippen LogP contribution in [0.5, 0.6) is 0 Å². The van der Waals surface area contributed by atoms with Crippen molar-refractivity contribution in [3.05, 3.63) is 0 Å². The van der Waals surface area contributed by atoms with E-state index >= 15 is 0 Å². The van der Waals surface area contributed by atoms with Crippen molar-refractivity contribution < 1.29 is 9.59 Å². The minimum Gasteiger partial charge on any atom is -0.343 e. The molecule has 0 aromatic rings. The minimum atomic E-state index is -0.337. The number of rotatable bonds is 3. The van der Waals surface area contributed by atoms with Crippen LogP contribution in [-0.4, -0.2) is 34.3 Å². The van der Waals surface area contributed by atoms with Gasteiger partial charge in [-0.3, -0.25) is 9.59 Å². The van der Waals surface area contributed by atoms with E-state index in [9.17, 15) is 9.59 Å². The monoisotopic (exact) mass is 280 g/mol. The Morgan fingerprint density at radius 1 is 1.25 bits per heavy atom. The number of carbonyl (C=O) groups excluding carboxylic acids is 2. The lowest BCUT2D eigenvalue weighted by Gasteiger charge is -2.52. The lowest BCUT2D eigenvalue weighted by molar-refractivity contribution is -0.160. The smallest absolute Gasteiger partial charge is 0.246 e. The first-order chi connectivity index (χ1) is 9.40. The normalized spacial score (nSPS) is 30.6. The molecule has 1 heterocycles. The molecule has 4 nitrogen and oxygen atoms in total. The predicted molar refractivity (Wildman–Crippen MR) is 79.2 cm³/mol. The van der Waals surface area contributed by atoms with Gasteiger partial charge in [0.15, 0.2) is 0 Å². The SMILES string of the molecule is CCC1NC(=O)C(C(C)C)N(C2(C)CCCCC2)C1=O. The lowest BCUT2D eigenvalue weighted by atomic mass is 9.78. The van der Waals surface area contributed by atoms with Gasteiger partial charge in [-0.05, 0) is 32.1 Å². The summed E-state index contributed by atoms with van der Waals surface area (Å²) in [6.45, 7) is 8.19. The van der Waals surface area contributed by atoms with Crippen molar-refractivity contribution in [1.82, 2.24) is 10.2 Å². The third-order valence-electron chi connectivity index (χ3n) is 4.95. The van der Waals surface area contributed by atoms with Crippen molar-refractivity contribution in [3.8, 4) is 0 Å². The fourth-order valence-corrected chi connectivity index (χ4v) is 3.77. The van der Waals surface area contributed by atoms with Crippen LogP contribution >= 0.6 is 0 Å². The van der Waals surface area contributed by atoms with Gasteiger partial charge in [0, 0.05) is 5.54 Å². The Morgan fingerprint density at radius 3 is 2.35 bits per heavy atom. The summed E-state index contributed by atoms with van der Waals surface area (Å²) in [5.41, 5.74) is -0.143. The zero-order chi connectivity index (χ0) is 14.9. The molecule has 1 N–H and O–H groups in total. The molecule has 2 fully saturated rings. The molecule has 0 aromatic heterocycles. The van der Waals surface area contributed by atoms with Gasteiger partial charge in [-0.25, -0.2) is 0 Å². The Morgan fingerprint density at radius 2 is 1.85 bits per heavy atom. The number of hydrogen-bond acceptors (Lipinski definition) is 2.